The average Bonchev–Trinajstić information content (AvgIpc) is 3.15. The third-order valence-electron chi connectivity index (χ3n) is 4.30. The molecule has 2 heterocycles. The van der Waals surface area contributed by atoms with Gasteiger partial charge in [0.1, 0.15) is 18.1 Å². The average molecular weight is 340 g/mol. The number of carbonyl (C=O) groups excluding carboxylic acids is 1. The van der Waals surface area contributed by atoms with Crippen LogP contribution in [0.15, 0.2) is 40.8 Å². The van der Waals surface area contributed by atoms with Crippen molar-refractivity contribution in [3.05, 3.63) is 53.5 Å². The number of carbonyl (C=O) groups is 1. The van der Waals surface area contributed by atoms with Gasteiger partial charge >= 0.3 is 0 Å². The van der Waals surface area contributed by atoms with Gasteiger partial charge in [-0.15, -0.1) is 0 Å². The lowest BCUT2D eigenvalue weighted by molar-refractivity contribution is 0.0586. The van der Waals surface area contributed by atoms with Crippen molar-refractivity contribution >= 4 is 5.91 Å². The van der Waals surface area contributed by atoms with Crippen molar-refractivity contribution < 1.29 is 19.1 Å². The van der Waals surface area contributed by atoms with Crippen LogP contribution in [0.3, 0.4) is 0 Å². The van der Waals surface area contributed by atoms with Gasteiger partial charge < -0.3 is 19.2 Å². The summed E-state index contributed by atoms with van der Waals surface area (Å²) in [6, 6.07) is 12.2. The summed E-state index contributed by atoms with van der Waals surface area (Å²) < 4.78 is 11.2. The summed E-state index contributed by atoms with van der Waals surface area (Å²) in [5.41, 5.74) is 0.570. The smallest absolute Gasteiger partial charge is 0.289 e. The lowest BCUT2D eigenvalue weighted by Crippen LogP contribution is -2.40. The van der Waals surface area contributed by atoms with Crippen molar-refractivity contribution in [3.63, 3.8) is 0 Å². The number of ether oxygens (including phenoxy) is 1. The van der Waals surface area contributed by atoms with Gasteiger partial charge in [-0.05, 0) is 55.2 Å². The lowest BCUT2D eigenvalue weighted by Gasteiger charge is -2.31. The van der Waals surface area contributed by atoms with Gasteiger partial charge in [-0.1, -0.05) is 0 Å². The molecule has 130 valence electrons. The van der Waals surface area contributed by atoms with E-state index < -0.39 is 0 Å². The molecule has 1 aliphatic heterocycles. The minimum atomic E-state index is -0.150. The molecule has 6 nitrogen and oxygen atoms in total. The maximum absolute atomic E-state index is 12.5. The molecule has 0 bridgehead atoms. The van der Waals surface area contributed by atoms with Crippen LogP contribution in [0.1, 0.15) is 34.7 Å². The van der Waals surface area contributed by atoms with Crippen LogP contribution in [0.25, 0.3) is 0 Å². The molecule has 0 radical (unpaired) electrons. The van der Waals surface area contributed by atoms with Gasteiger partial charge in [0.05, 0.1) is 11.6 Å². The minimum absolute atomic E-state index is 0.103. The molecule has 1 aliphatic rings. The molecule has 3 rings (SSSR count). The van der Waals surface area contributed by atoms with Gasteiger partial charge in [0, 0.05) is 19.7 Å². The van der Waals surface area contributed by atoms with E-state index in [2.05, 4.69) is 6.07 Å². The monoisotopic (exact) mass is 340 g/mol. The molecule has 1 N–H and O–H groups in total. The lowest BCUT2D eigenvalue weighted by atomic mass is 9.99. The largest absolute Gasteiger partial charge is 0.486 e. The van der Waals surface area contributed by atoms with Gasteiger partial charge in [0.2, 0.25) is 0 Å². The van der Waals surface area contributed by atoms with E-state index in [0.717, 1.165) is 12.8 Å². The fraction of sp³-hybridized carbons (Fsp3) is 0.368. The first-order valence-electron chi connectivity index (χ1n) is 8.31. The summed E-state index contributed by atoms with van der Waals surface area (Å²) in [5.74, 6) is 1.47. The Hall–Kier alpha value is -2.78. The molecular weight excluding hydrogens is 320 g/mol. The Kier molecular flexibility index (Phi) is 5.36. The zero-order chi connectivity index (χ0) is 17.6. The first-order valence-corrected chi connectivity index (χ1v) is 8.31. The van der Waals surface area contributed by atoms with E-state index in [1.165, 1.54) is 0 Å². The van der Waals surface area contributed by atoms with E-state index in [1.807, 2.05) is 0 Å². The molecule has 0 spiro atoms. The maximum Gasteiger partial charge on any atom is 0.289 e. The highest BCUT2D eigenvalue weighted by molar-refractivity contribution is 5.91. The number of amides is 1. The third-order valence-corrected chi connectivity index (χ3v) is 4.30. The van der Waals surface area contributed by atoms with Crippen LogP contribution in [0.2, 0.25) is 0 Å². The van der Waals surface area contributed by atoms with E-state index in [0.29, 0.717) is 30.2 Å². The van der Waals surface area contributed by atoms with Crippen LogP contribution < -0.4 is 4.74 Å². The third kappa shape index (κ3) is 4.20. The Morgan fingerprint density at radius 3 is 2.84 bits per heavy atom. The predicted molar refractivity (Wildman–Crippen MR) is 89.9 cm³/mol. The second-order valence-corrected chi connectivity index (χ2v) is 6.13. The summed E-state index contributed by atoms with van der Waals surface area (Å²) >= 11 is 0. The zero-order valence-corrected chi connectivity index (χ0v) is 13.9. The number of piperidine rings is 1. The van der Waals surface area contributed by atoms with Gasteiger partial charge in [0.15, 0.2) is 5.76 Å². The number of likely N-dealkylation sites (tertiary alicyclic amines) is 1. The van der Waals surface area contributed by atoms with Crippen LogP contribution in [0.5, 0.6) is 5.75 Å². The molecule has 1 unspecified atom stereocenters. The number of nitrogens with zero attached hydrogens (tertiary/aromatic N) is 2. The number of hydrogen-bond acceptors (Lipinski definition) is 5. The molecular formula is C19H20N2O4. The molecule has 1 saturated heterocycles. The number of aliphatic hydroxyl groups is 1. The van der Waals surface area contributed by atoms with E-state index in [-0.39, 0.29) is 30.8 Å². The second kappa shape index (κ2) is 7.86. The summed E-state index contributed by atoms with van der Waals surface area (Å²) in [5, 5.41) is 18.1. The fourth-order valence-corrected chi connectivity index (χ4v) is 2.90. The molecule has 25 heavy (non-hydrogen) atoms. The summed E-state index contributed by atoms with van der Waals surface area (Å²) in [7, 11) is 0. The van der Waals surface area contributed by atoms with E-state index in [9.17, 15) is 9.90 Å². The number of nitriles is 1. The molecule has 1 aromatic carbocycles. The zero-order valence-electron chi connectivity index (χ0n) is 13.9. The Balaban J connectivity index is 1.58. The molecule has 1 fully saturated rings. The second-order valence-electron chi connectivity index (χ2n) is 6.13. The maximum atomic E-state index is 12.5. The van der Waals surface area contributed by atoms with Crippen molar-refractivity contribution in [1.29, 1.82) is 5.26 Å². The van der Waals surface area contributed by atoms with Crippen molar-refractivity contribution in [3.8, 4) is 11.8 Å². The van der Waals surface area contributed by atoms with Crippen molar-refractivity contribution in [2.24, 2.45) is 5.92 Å². The predicted octanol–water partition coefficient (Wildman–Crippen LogP) is 2.57. The van der Waals surface area contributed by atoms with Crippen molar-refractivity contribution in [2.45, 2.75) is 19.4 Å². The van der Waals surface area contributed by atoms with E-state index >= 15 is 0 Å². The molecule has 6 heteroatoms. The molecule has 0 saturated carbocycles. The number of aliphatic hydroxyl groups excluding tert-OH is 1. The Morgan fingerprint density at radius 2 is 2.12 bits per heavy atom. The molecule has 0 aliphatic carbocycles. The number of furan rings is 1. The van der Waals surface area contributed by atoms with Gasteiger partial charge in [0.25, 0.3) is 5.91 Å². The van der Waals surface area contributed by atoms with Crippen LogP contribution >= 0.6 is 0 Å². The minimum Gasteiger partial charge on any atom is -0.486 e. The standard InChI is InChI=1S/C19H20N2O4/c20-10-14-3-5-16(6-4-14)24-13-17-7-8-18(25-17)19(23)21-9-1-2-15(11-21)12-22/h3-8,15,22H,1-2,9,11-13H2. The van der Waals surface area contributed by atoms with E-state index in [4.69, 9.17) is 14.4 Å². The SMILES string of the molecule is N#Cc1ccc(OCc2ccc(C(=O)N3CCCC(CO)C3)o2)cc1. The Morgan fingerprint density at radius 1 is 1.32 bits per heavy atom. The fourth-order valence-electron chi connectivity index (χ4n) is 2.90. The topological polar surface area (TPSA) is 86.7 Å². The number of benzene rings is 1. The highest BCUT2D eigenvalue weighted by Crippen LogP contribution is 2.20. The number of hydrogen-bond donors (Lipinski definition) is 1. The normalized spacial score (nSPS) is 17.1. The molecule has 1 atom stereocenters. The van der Waals surface area contributed by atoms with Crippen LogP contribution in [-0.4, -0.2) is 35.6 Å². The van der Waals surface area contributed by atoms with Crippen LogP contribution in [0, 0.1) is 17.2 Å². The summed E-state index contributed by atoms with van der Waals surface area (Å²) in [6.07, 6.45) is 1.84. The Bertz CT molecular complexity index is 760. The molecule has 1 amide bonds. The van der Waals surface area contributed by atoms with Crippen molar-refractivity contribution in [1.82, 2.24) is 4.90 Å². The molecule has 1 aromatic heterocycles. The first-order chi connectivity index (χ1) is 12.2. The van der Waals surface area contributed by atoms with E-state index in [1.54, 1.807) is 41.3 Å². The quantitative estimate of drug-likeness (QED) is 0.904. The number of rotatable bonds is 5. The highest BCUT2D eigenvalue weighted by atomic mass is 16.5. The van der Waals surface area contributed by atoms with Crippen molar-refractivity contribution in [2.75, 3.05) is 19.7 Å². The van der Waals surface area contributed by atoms with Gasteiger partial charge in [-0.25, -0.2) is 0 Å². The Labute approximate surface area is 146 Å². The summed E-state index contributed by atoms with van der Waals surface area (Å²) in [6.45, 7) is 1.56. The molecule has 2 aromatic rings. The van der Waals surface area contributed by atoms with Crippen LogP contribution in [-0.2, 0) is 6.61 Å². The highest BCUT2D eigenvalue weighted by Gasteiger charge is 2.25. The first kappa shape index (κ1) is 17.1. The van der Waals surface area contributed by atoms with Crippen LogP contribution in [0.4, 0.5) is 0 Å². The van der Waals surface area contributed by atoms with Gasteiger partial charge in [-0.2, -0.15) is 5.26 Å². The van der Waals surface area contributed by atoms with Gasteiger partial charge in [-0.3, -0.25) is 4.79 Å². The summed E-state index contributed by atoms with van der Waals surface area (Å²) in [4.78, 5) is 14.2.